The Kier molecular flexibility index (Phi) is 2.58. The van der Waals surface area contributed by atoms with Gasteiger partial charge in [-0.2, -0.15) is 0 Å². The number of hydrogen-bond donors (Lipinski definition) is 1. The number of fused-ring (bicyclic) bond motifs is 1. The third kappa shape index (κ3) is 1.52. The summed E-state index contributed by atoms with van der Waals surface area (Å²) < 4.78 is 0. The van der Waals surface area contributed by atoms with Gasteiger partial charge in [-0.25, -0.2) is 4.79 Å². The Bertz CT molecular complexity index is 328. The van der Waals surface area contributed by atoms with E-state index in [1.807, 2.05) is 0 Å². The number of carbonyl (C=O) groups excluding carboxylic acids is 2. The topological polar surface area (TPSA) is 49.4 Å². The van der Waals surface area contributed by atoms with Crippen LogP contribution >= 0.6 is 11.8 Å². The SMILES string of the molecule is O=C1NC(=O)N2C(C3CCCCC3)SC[C@@H]12. The summed E-state index contributed by atoms with van der Waals surface area (Å²) in [6.45, 7) is 0. The number of hydrogen-bond acceptors (Lipinski definition) is 3. The van der Waals surface area contributed by atoms with E-state index in [-0.39, 0.29) is 23.4 Å². The molecule has 1 unspecified atom stereocenters. The van der Waals surface area contributed by atoms with Crippen molar-refractivity contribution in [2.75, 3.05) is 5.75 Å². The average Bonchev–Trinajstić information content (AvgIpc) is 2.84. The first-order valence-corrected chi connectivity index (χ1v) is 7.07. The van der Waals surface area contributed by atoms with E-state index in [2.05, 4.69) is 5.32 Å². The third-order valence-electron chi connectivity index (χ3n) is 3.86. The molecule has 2 aliphatic heterocycles. The zero-order valence-electron chi connectivity index (χ0n) is 9.15. The molecule has 16 heavy (non-hydrogen) atoms. The number of urea groups is 1. The van der Waals surface area contributed by atoms with Crippen molar-refractivity contribution in [2.24, 2.45) is 5.92 Å². The summed E-state index contributed by atoms with van der Waals surface area (Å²) in [6, 6.07) is -0.361. The van der Waals surface area contributed by atoms with Crippen molar-refractivity contribution in [3.8, 4) is 0 Å². The second kappa shape index (κ2) is 3.95. The van der Waals surface area contributed by atoms with E-state index in [1.54, 1.807) is 16.7 Å². The lowest BCUT2D eigenvalue weighted by Gasteiger charge is -2.31. The van der Waals surface area contributed by atoms with Crippen molar-refractivity contribution in [3.63, 3.8) is 0 Å². The maximum absolute atomic E-state index is 11.7. The van der Waals surface area contributed by atoms with Crippen LogP contribution < -0.4 is 5.32 Å². The predicted octanol–water partition coefficient (Wildman–Crippen LogP) is 1.56. The molecule has 1 saturated carbocycles. The molecule has 0 aromatic heterocycles. The molecule has 88 valence electrons. The largest absolute Gasteiger partial charge is 0.325 e. The molecule has 0 aromatic rings. The van der Waals surface area contributed by atoms with Gasteiger partial charge in [-0.15, -0.1) is 11.8 Å². The highest BCUT2D eigenvalue weighted by Crippen LogP contribution is 2.41. The summed E-state index contributed by atoms with van der Waals surface area (Å²) in [4.78, 5) is 25.0. The van der Waals surface area contributed by atoms with E-state index in [0.717, 1.165) is 5.75 Å². The molecule has 2 saturated heterocycles. The van der Waals surface area contributed by atoms with E-state index in [1.165, 1.54) is 32.1 Å². The van der Waals surface area contributed by atoms with Crippen LogP contribution in [0, 0.1) is 5.92 Å². The number of nitrogens with one attached hydrogen (secondary N) is 1. The lowest BCUT2D eigenvalue weighted by molar-refractivity contribution is -0.120. The number of carbonyl (C=O) groups is 2. The molecule has 5 heteroatoms. The number of amides is 3. The van der Waals surface area contributed by atoms with E-state index < -0.39 is 0 Å². The van der Waals surface area contributed by atoms with Crippen molar-refractivity contribution in [2.45, 2.75) is 43.5 Å². The molecule has 1 N–H and O–H groups in total. The molecule has 4 nitrogen and oxygen atoms in total. The molecular weight excluding hydrogens is 224 g/mol. The molecule has 2 atom stereocenters. The summed E-state index contributed by atoms with van der Waals surface area (Å²) in [7, 11) is 0. The lowest BCUT2D eigenvalue weighted by atomic mass is 9.88. The number of thioether (sulfide) groups is 1. The highest BCUT2D eigenvalue weighted by Gasteiger charge is 2.49. The second-order valence-corrected chi connectivity index (χ2v) is 5.99. The Hall–Kier alpha value is -0.710. The first-order valence-electron chi connectivity index (χ1n) is 6.02. The highest BCUT2D eigenvalue weighted by molar-refractivity contribution is 8.00. The van der Waals surface area contributed by atoms with Gasteiger partial charge in [0.25, 0.3) is 5.91 Å². The van der Waals surface area contributed by atoms with Crippen molar-refractivity contribution in [1.82, 2.24) is 10.2 Å². The van der Waals surface area contributed by atoms with Crippen LogP contribution in [-0.2, 0) is 4.79 Å². The Labute approximate surface area is 99.1 Å². The van der Waals surface area contributed by atoms with Gasteiger partial charge in [0.15, 0.2) is 0 Å². The van der Waals surface area contributed by atoms with E-state index >= 15 is 0 Å². The minimum atomic E-state index is -0.190. The fraction of sp³-hybridized carbons (Fsp3) is 0.818. The van der Waals surface area contributed by atoms with E-state index in [4.69, 9.17) is 0 Å². The molecule has 3 rings (SSSR count). The third-order valence-corrected chi connectivity index (χ3v) is 5.32. The monoisotopic (exact) mass is 240 g/mol. The average molecular weight is 240 g/mol. The van der Waals surface area contributed by atoms with Crippen LogP contribution in [-0.4, -0.2) is 34.0 Å². The minimum absolute atomic E-state index is 0.101. The van der Waals surface area contributed by atoms with Gasteiger partial charge in [-0.05, 0) is 18.8 Å². The van der Waals surface area contributed by atoms with Crippen molar-refractivity contribution in [3.05, 3.63) is 0 Å². The first-order chi connectivity index (χ1) is 7.77. The standard InChI is InChI=1S/C11H16N2O2S/c14-9-8-6-16-10(13(8)11(15)12-9)7-4-2-1-3-5-7/h7-8,10H,1-6H2,(H,12,14,15)/t8-,10?/m0/s1. The molecule has 3 fully saturated rings. The van der Waals surface area contributed by atoms with Gasteiger partial charge >= 0.3 is 6.03 Å². The molecule has 0 radical (unpaired) electrons. The van der Waals surface area contributed by atoms with Gasteiger partial charge in [0, 0.05) is 5.75 Å². The highest BCUT2D eigenvalue weighted by atomic mass is 32.2. The Morgan fingerprint density at radius 2 is 1.94 bits per heavy atom. The Morgan fingerprint density at radius 3 is 2.69 bits per heavy atom. The number of imide groups is 1. The molecule has 0 aromatic carbocycles. The Balaban J connectivity index is 1.77. The van der Waals surface area contributed by atoms with Crippen molar-refractivity contribution in [1.29, 1.82) is 0 Å². The van der Waals surface area contributed by atoms with E-state index in [0.29, 0.717) is 5.92 Å². The molecule has 3 aliphatic rings. The van der Waals surface area contributed by atoms with Crippen LogP contribution in [0.15, 0.2) is 0 Å². The zero-order chi connectivity index (χ0) is 11.1. The smallest absolute Gasteiger partial charge is 0.299 e. The molecule has 0 spiro atoms. The maximum Gasteiger partial charge on any atom is 0.325 e. The van der Waals surface area contributed by atoms with Crippen molar-refractivity contribution < 1.29 is 9.59 Å². The fourth-order valence-corrected chi connectivity index (χ4v) is 4.66. The normalized spacial score (nSPS) is 35.4. The van der Waals surface area contributed by atoms with Gasteiger partial charge < -0.3 is 0 Å². The number of nitrogens with zero attached hydrogens (tertiary/aromatic N) is 1. The molecule has 2 heterocycles. The Morgan fingerprint density at radius 1 is 1.19 bits per heavy atom. The van der Waals surface area contributed by atoms with Crippen LogP contribution in [0.3, 0.4) is 0 Å². The van der Waals surface area contributed by atoms with Gasteiger partial charge in [-0.1, -0.05) is 19.3 Å². The van der Waals surface area contributed by atoms with Gasteiger partial charge in [0.2, 0.25) is 0 Å². The zero-order valence-corrected chi connectivity index (χ0v) is 9.96. The quantitative estimate of drug-likeness (QED) is 0.708. The first kappa shape index (κ1) is 10.4. The van der Waals surface area contributed by atoms with Gasteiger partial charge in [-0.3, -0.25) is 15.0 Å². The maximum atomic E-state index is 11.7. The molecule has 3 amide bonds. The van der Waals surface area contributed by atoms with Crippen molar-refractivity contribution >= 4 is 23.7 Å². The van der Waals surface area contributed by atoms with Gasteiger partial charge in [0.05, 0.1) is 5.37 Å². The fourth-order valence-electron chi connectivity index (χ4n) is 3.02. The summed E-state index contributed by atoms with van der Waals surface area (Å²) >= 11 is 1.79. The predicted molar refractivity (Wildman–Crippen MR) is 62.0 cm³/mol. The summed E-state index contributed by atoms with van der Waals surface area (Å²) in [5, 5.41) is 2.67. The van der Waals surface area contributed by atoms with Crippen LogP contribution in [0.2, 0.25) is 0 Å². The summed E-state index contributed by atoms with van der Waals surface area (Å²) in [5.74, 6) is 1.27. The van der Waals surface area contributed by atoms with Crippen LogP contribution in [0.5, 0.6) is 0 Å². The molecule has 1 aliphatic carbocycles. The summed E-state index contributed by atoms with van der Waals surface area (Å²) in [5.41, 5.74) is 0. The molecular formula is C11H16N2O2S. The van der Waals surface area contributed by atoms with Gasteiger partial charge in [0.1, 0.15) is 6.04 Å². The second-order valence-electron chi connectivity index (χ2n) is 4.84. The minimum Gasteiger partial charge on any atom is -0.299 e. The van der Waals surface area contributed by atoms with Crippen LogP contribution in [0.1, 0.15) is 32.1 Å². The van der Waals surface area contributed by atoms with Crippen LogP contribution in [0.25, 0.3) is 0 Å². The van der Waals surface area contributed by atoms with E-state index in [9.17, 15) is 9.59 Å². The lowest BCUT2D eigenvalue weighted by Crippen LogP contribution is -2.40. The summed E-state index contributed by atoms with van der Waals surface area (Å²) in [6.07, 6.45) is 6.29. The number of rotatable bonds is 1. The van der Waals surface area contributed by atoms with Crippen LogP contribution in [0.4, 0.5) is 4.79 Å². The molecule has 0 bridgehead atoms.